The van der Waals surface area contributed by atoms with Crippen molar-refractivity contribution in [2.45, 2.75) is 18.9 Å². The second-order valence-electron chi connectivity index (χ2n) is 3.98. The highest BCUT2D eigenvalue weighted by atomic mass is 15.2. The molecular formula is C13H16N4. The SMILES string of the molecule is NNC(Cc1ccncc1)Cc1ccncc1. The number of rotatable bonds is 5. The highest BCUT2D eigenvalue weighted by Gasteiger charge is 2.08. The van der Waals surface area contributed by atoms with Gasteiger partial charge in [-0.1, -0.05) is 0 Å². The van der Waals surface area contributed by atoms with Gasteiger partial charge in [0.15, 0.2) is 0 Å². The standard InChI is InChI=1S/C13H16N4/c14-17-13(9-11-1-5-15-6-2-11)10-12-3-7-16-8-4-12/h1-8,13,17H,9-10,14H2. The van der Waals surface area contributed by atoms with E-state index in [0.29, 0.717) is 0 Å². The Morgan fingerprint density at radius 3 is 1.65 bits per heavy atom. The van der Waals surface area contributed by atoms with Crippen LogP contribution in [0.25, 0.3) is 0 Å². The van der Waals surface area contributed by atoms with E-state index in [4.69, 9.17) is 5.84 Å². The summed E-state index contributed by atoms with van der Waals surface area (Å²) in [6.07, 6.45) is 8.98. The number of aromatic nitrogens is 2. The van der Waals surface area contributed by atoms with Crippen LogP contribution in [0.5, 0.6) is 0 Å². The van der Waals surface area contributed by atoms with Gasteiger partial charge in [0.1, 0.15) is 0 Å². The van der Waals surface area contributed by atoms with Gasteiger partial charge in [-0.05, 0) is 48.2 Å². The lowest BCUT2D eigenvalue weighted by Crippen LogP contribution is -2.38. The third kappa shape index (κ3) is 3.62. The van der Waals surface area contributed by atoms with Gasteiger partial charge in [-0.15, -0.1) is 0 Å². The summed E-state index contributed by atoms with van der Waals surface area (Å²) in [5.74, 6) is 5.59. The predicted molar refractivity (Wildman–Crippen MR) is 67.0 cm³/mol. The van der Waals surface area contributed by atoms with Gasteiger partial charge in [0, 0.05) is 30.8 Å². The molecule has 0 aliphatic carbocycles. The smallest absolute Gasteiger partial charge is 0.0291 e. The first kappa shape index (κ1) is 11.7. The topological polar surface area (TPSA) is 63.8 Å². The van der Waals surface area contributed by atoms with Crippen molar-refractivity contribution < 1.29 is 0 Å². The molecule has 0 radical (unpaired) electrons. The number of hydrogen-bond donors (Lipinski definition) is 2. The molecule has 2 heterocycles. The Morgan fingerprint density at radius 2 is 1.29 bits per heavy atom. The second-order valence-corrected chi connectivity index (χ2v) is 3.98. The van der Waals surface area contributed by atoms with Crippen molar-refractivity contribution >= 4 is 0 Å². The summed E-state index contributed by atoms with van der Waals surface area (Å²) in [7, 11) is 0. The molecule has 0 aliphatic heterocycles. The van der Waals surface area contributed by atoms with Gasteiger partial charge < -0.3 is 0 Å². The molecule has 88 valence electrons. The van der Waals surface area contributed by atoms with Gasteiger partial charge >= 0.3 is 0 Å². The molecule has 4 nitrogen and oxygen atoms in total. The van der Waals surface area contributed by atoms with Crippen molar-refractivity contribution in [3.8, 4) is 0 Å². The lowest BCUT2D eigenvalue weighted by Gasteiger charge is -2.15. The summed E-state index contributed by atoms with van der Waals surface area (Å²) in [6.45, 7) is 0. The van der Waals surface area contributed by atoms with Crippen LogP contribution in [0.1, 0.15) is 11.1 Å². The molecule has 2 aromatic heterocycles. The van der Waals surface area contributed by atoms with Crippen LogP contribution >= 0.6 is 0 Å². The summed E-state index contributed by atoms with van der Waals surface area (Å²) in [6, 6.07) is 8.27. The molecule has 0 atom stereocenters. The van der Waals surface area contributed by atoms with Gasteiger partial charge in [-0.25, -0.2) is 0 Å². The summed E-state index contributed by atoms with van der Waals surface area (Å²) < 4.78 is 0. The fourth-order valence-corrected chi connectivity index (χ4v) is 1.80. The van der Waals surface area contributed by atoms with Crippen molar-refractivity contribution in [2.75, 3.05) is 0 Å². The highest BCUT2D eigenvalue weighted by molar-refractivity contribution is 5.15. The Hall–Kier alpha value is -1.78. The molecule has 2 aromatic rings. The number of hydrogen-bond acceptors (Lipinski definition) is 4. The molecule has 2 rings (SSSR count). The van der Waals surface area contributed by atoms with E-state index in [0.717, 1.165) is 12.8 Å². The molecule has 3 N–H and O–H groups in total. The van der Waals surface area contributed by atoms with E-state index in [1.165, 1.54) is 11.1 Å². The molecule has 4 heteroatoms. The molecule has 0 spiro atoms. The fraction of sp³-hybridized carbons (Fsp3) is 0.231. The van der Waals surface area contributed by atoms with Gasteiger partial charge in [0.25, 0.3) is 0 Å². The van der Waals surface area contributed by atoms with Gasteiger partial charge in [-0.3, -0.25) is 21.2 Å². The molecule has 0 fully saturated rings. The van der Waals surface area contributed by atoms with Crippen LogP contribution in [0, 0.1) is 0 Å². The zero-order valence-electron chi connectivity index (χ0n) is 9.58. The Morgan fingerprint density at radius 1 is 0.882 bits per heavy atom. The summed E-state index contributed by atoms with van der Waals surface area (Å²) >= 11 is 0. The first-order valence-corrected chi connectivity index (χ1v) is 5.62. The fourth-order valence-electron chi connectivity index (χ4n) is 1.80. The number of nitrogens with two attached hydrogens (primary N) is 1. The molecular weight excluding hydrogens is 212 g/mol. The highest BCUT2D eigenvalue weighted by Crippen LogP contribution is 2.07. The number of pyridine rings is 2. The van der Waals surface area contributed by atoms with E-state index < -0.39 is 0 Å². The average Bonchev–Trinajstić information content (AvgIpc) is 2.40. The van der Waals surface area contributed by atoms with Crippen LogP contribution in [-0.4, -0.2) is 16.0 Å². The maximum Gasteiger partial charge on any atom is 0.0291 e. The van der Waals surface area contributed by atoms with E-state index in [2.05, 4.69) is 15.4 Å². The minimum atomic E-state index is 0.222. The largest absolute Gasteiger partial charge is 0.271 e. The molecule has 17 heavy (non-hydrogen) atoms. The maximum absolute atomic E-state index is 5.59. The lowest BCUT2D eigenvalue weighted by molar-refractivity contribution is 0.522. The van der Waals surface area contributed by atoms with Crippen molar-refractivity contribution in [3.05, 3.63) is 60.2 Å². The van der Waals surface area contributed by atoms with Crippen LogP contribution < -0.4 is 11.3 Å². The third-order valence-corrected chi connectivity index (χ3v) is 2.70. The first-order valence-electron chi connectivity index (χ1n) is 5.62. The zero-order chi connectivity index (χ0) is 11.9. The van der Waals surface area contributed by atoms with Crippen molar-refractivity contribution in [1.82, 2.24) is 15.4 Å². The third-order valence-electron chi connectivity index (χ3n) is 2.70. The summed E-state index contributed by atoms with van der Waals surface area (Å²) in [5, 5.41) is 0. The Kier molecular flexibility index (Phi) is 4.18. The average molecular weight is 228 g/mol. The van der Waals surface area contributed by atoms with Crippen molar-refractivity contribution in [1.29, 1.82) is 0 Å². The van der Waals surface area contributed by atoms with Crippen molar-refractivity contribution in [2.24, 2.45) is 5.84 Å². The zero-order valence-corrected chi connectivity index (χ0v) is 9.58. The van der Waals surface area contributed by atoms with Crippen LogP contribution in [-0.2, 0) is 12.8 Å². The van der Waals surface area contributed by atoms with E-state index in [-0.39, 0.29) is 6.04 Å². The maximum atomic E-state index is 5.59. The normalized spacial score (nSPS) is 10.7. The quantitative estimate of drug-likeness (QED) is 0.594. The van der Waals surface area contributed by atoms with Crippen LogP contribution in [0.15, 0.2) is 49.1 Å². The monoisotopic (exact) mass is 228 g/mol. The minimum absolute atomic E-state index is 0.222. The van der Waals surface area contributed by atoms with Gasteiger partial charge in [0.2, 0.25) is 0 Å². The predicted octanol–water partition coefficient (Wildman–Crippen LogP) is 1.09. The van der Waals surface area contributed by atoms with E-state index in [1.54, 1.807) is 24.8 Å². The van der Waals surface area contributed by atoms with Crippen LogP contribution in [0.2, 0.25) is 0 Å². The Labute approximate surface area is 101 Å². The van der Waals surface area contributed by atoms with Crippen LogP contribution in [0.4, 0.5) is 0 Å². The number of nitrogens with zero attached hydrogens (tertiary/aromatic N) is 2. The van der Waals surface area contributed by atoms with E-state index in [1.807, 2.05) is 24.3 Å². The molecule has 0 bridgehead atoms. The molecule has 0 unspecified atom stereocenters. The van der Waals surface area contributed by atoms with Gasteiger partial charge in [0.05, 0.1) is 0 Å². The second kappa shape index (κ2) is 6.08. The summed E-state index contributed by atoms with van der Waals surface area (Å²) in [4.78, 5) is 8.01. The molecule has 0 saturated heterocycles. The first-order chi connectivity index (χ1) is 8.38. The molecule has 0 aliphatic rings. The Balaban J connectivity index is 1.98. The lowest BCUT2D eigenvalue weighted by atomic mass is 10.0. The van der Waals surface area contributed by atoms with E-state index in [9.17, 15) is 0 Å². The van der Waals surface area contributed by atoms with Crippen molar-refractivity contribution in [3.63, 3.8) is 0 Å². The van der Waals surface area contributed by atoms with E-state index >= 15 is 0 Å². The van der Waals surface area contributed by atoms with Crippen LogP contribution in [0.3, 0.4) is 0 Å². The Bertz CT molecular complexity index is 388. The number of nitrogens with one attached hydrogen (secondary N) is 1. The number of hydrazine groups is 1. The molecule has 0 amide bonds. The molecule has 0 saturated carbocycles. The summed E-state index contributed by atoms with van der Waals surface area (Å²) in [5.41, 5.74) is 5.32. The minimum Gasteiger partial charge on any atom is -0.271 e. The molecule has 0 aromatic carbocycles. The van der Waals surface area contributed by atoms with Gasteiger partial charge in [-0.2, -0.15) is 0 Å².